The molecule has 1 heteroatoms. The number of ether oxygens (including phenoxy) is 1. The van der Waals surface area contributed by atoms with E-state index < -0.39 is 0 Å². The maximum Gasteiger partial charge on any atom is 0.119 e. The molecule has 0 spiro atoms. The molecule has 1 aliphatic rings. The molecule has 1 aromatic rings. The molecule has 15 heavy (non-hydrogen) atoms. The van der Waals surface area contributed by atoms with Crippen LogP contribution in [0.15, 0.2) is 18.2 Å². The molecule has 2 rings (SSSR count). The molecule has 0 bridgehead atoms. The van der Waals surface area contributed by atoms with E-state index in [2.05, 4.69) is 32.0 Å². The minimum atomic E-state index is 0.748. The van der Waals surface area contributed by atoms with Crippen molar-refractivity contribution >= 4 is 0 Å². The van der Waals surface area contributed by atoms with Gasteiger partial charge in [0.15, 0.2) is 0 Å². The summed E-state index contributed by atoms with van der Waals surface area (Å²) in [6, 6.07) is 6.57. The Morgan fingerprint density at radius 2 is 2.13 bits per heavy atom. The summed E-state index contributed by atoms with van der Waals surface area (Å²) in [5.41, 5.74) is 3.05. The number of benzene rings is 1. The Hall–Kier alpha value is -0.980. The lowest BCUT2D eigenvalue weighted by Gasteiger charge is -2.28. The number of hydrogen-bond acceptors (Lipinski definition) is 1. The first-order valence-corrected chi connectivity index (χ1v) is 5.89. The standard InChI is InChI=1S/C14H20O/c1-10(2)13-6-4-5-11-9-12(15-3)7-8-14(11)13/h7-10,13H,4-6H2,1-3H3/t13-/m0/s1. The summed E-state index contributed by atoms with van der Waals surface area (Å²) in [5, 5.41) is 0. The fourth-order valence-corrected chi connectivity index (χ4v) is 2.65. The molecule has 0 aliphatic heterocycles. The van der Waals surface area contributed by atoms with Gasteiger partial charge in [0.2, 0.25) is 0 Å². The van der Waals surface area contributed by atoms with E-state index >= 15 is 0 Å². The van der Waals surface area contributed by atoms with Gasteiger partial charge in [-0.05, 0) is 54.4 Å². The van der Waals surface area contributed by atoms with Crippen LogP contribution in [-0.2, 0) is 6.42 Å². The quantitative estimate of drug-likeness (QED) is 0.712. The first kappa shape index (κ1) is 10.5. The molecule has 0 N–H and O–H groups in total. The Labute approximate surface area is 92.5 Å². The average Bonchev–Trinajstić information content (AvgIpc) is 2.27. The summed E-state index contributed by atoms with van der Waals surface area (Å²) in [6.45, 7) is 4.65. The topological polar surface area (TPSA) is 9.23 Å². The van der Waals surface area contributed by atoms with Crippen molar-refractivity contribution in [2.75, 3.05) is 7.11 Å². The third-order valence-electron chi connectivity index (χ3n) is 3.52. The molecule has 1 aliphatic carbocycles. The fraction of sp³-hybridized carbons (Fsp3) is 0.571. The number of hydrogen-bond donors (Lipinski definition) is 0. The average molecular weight is 204 g/mol. The van der Waals surface area contributed by atoms with Crippen molar-refractivity contribution in [1.82, 2.24) is 0 Å². The highest BCUT2D eigenvalue weighted by Gasteiger charge is 2.22. The van der Waals surface area contributed by atoms with Crippen LogP contribution in [0.25, 0.3) is 0 Å². The van der Waals surface area contributed by atoms with Crippen molar-refractivity contribution in [3.05, 3.63) is 29.3 Å². The van der Waals surface area contributed by atoms with Gasteiger partial charge in [-0.15, -0.1) is 0 Å². The minimum Gasteiger partial charge on any atom is -0.497 e. The molecule has 1 aromatic carbocycles. The molecule has 82 valence electrons. The summed E-state index contributed by atoms with van der Waals surface area (Å²) >= 11 is 0. The maximum atomic E-state index is 5.28. The van der Waals surface area contributed by atoms with Gasteiger partial charge in [0.1, 0.15) is 5.75 Å². The zero-order valence-electron chi connectivity index (χ0n) is 9.92. The van der Waals surface area contributed by atoms with Crippen molar-refractivity contribution in [1.29, 1.82) is 0 Å². The highest BCUT2D eigenvalue weighted by Crippen LogP contribution is 2.37. The van der Waals surface area contributed by atoms with E-state index in [0.717, 1.165) is 17.6 Å². The second kappa shape index (κ2) is 4.26. The van der Waals surface area contributed by atoms with E-state index in [0.29, 0.717) is 0 Å². The monoisotopic (exact) mass is 204 g/mol. The van der Waals surface area contributed by atoms with Crippen molar-refractivity contribution in [3.63, 3.8) is 0 Å². The SMILES string of the molecule is COc1ccc2c(c1)CCC[C@H]2C(C)C. The zero-order chi connectivity index (χ0) is 10.8. The first-order chi connectivity index (χ1) is 7.22. The van der Waals surface area contributed by atoms with E-state index in [1.54, 1.807) is 12.7 Å². The van der Waals surface area contributed by atoms with Crippen molar-refractivity contribution in [3.8, 4) is 5.75 Å². The molecule has 0 unspecified atom stereocenters. The summed E-state index contributed by atoms with van der Waals surface area (Å²) in [6.07, 6.45) is 3.88. The normalized spacial score (nSPS) is 20.1. The second-order valence-electron chi connectivity index (χ2n) is 4.81. The molecule has 0 saturated carbocycles. The third-order valence-corrected chi connectivity index (χ3v) is 3.52. The Balaban J connectivity index is 2.36. The van der Waals surface area contributed by atoms with Crippen LogP contribution in [0, 0.1) is 5.92 Å². The van der Waals surface area contributed by atoms with Gasteiger partial charge in [-0.2, -0.15) is 0 Å². The Morgan fingerprint density at radius 3 is 2.80 bits per heavy atom. The van der Waals surface area contributed by atoms with E-state index in [1.165, 1.54) is 24.8 Å². The van der Waals surface area contributed by atoms with Gasteiger partial charge in [0.25, 0.3) is 0 Å². The van der Waals surface area contributed by atoms with Gasteiger partial charge < -0.3 is 4.74 Å². The van der Waals surface area contributed by atoms with E-state index in [-0.39, 0.29) is 0 Å². The molecule has 0 aromatic heterocycles. The van der Waals surface area contributed by atoms with Crippen LogP contribution in [0.4, 0.5) is 0 Å². The van der Waals surface area contributed by atoms with Crippen LogP contribution in [0.5, 0.6) is 5.75 Å². The van der Waals surface area contributed by atoms with Crippen LogP contribution in [0.3, 0.4) is 0 Å². The van der Waals surface area contributed by atoms with E-state index in [4.69, 9.17) is 4.74 Å². The van der Waals surface area contributed by atoms with E-state index in [9.17, 15) is 0 Å². The predicted octanol–water partition coefficient (Wildman–Crippen LogP) is 3.77. The lowest BCUT2D eigenvalue weighted by molar-refractivity contribution is 0.407. The Morgan fingerprint density at radius 1 is 1.33 bits per heavy atom. The molecule has 1 atom stereocenters. The van der Waals surface area contributed by atoms with Gasteiger partial charge in [-0.1, -0.05) is 19.9 Å². The predicted molar refractivity (Wildman–Crippen MR) is 63.5 cm³/mol. The van der Waals surface area contributed by atoms with Crippen molar-refractivity contribution in [2.24, 2.45) is 5.92 Å². The third kappa shape index (κ3) is 2.01. The number of fused-ring (bicyclic) bond motifs is 1. The van der Waals surface area contributed by atoms with Crippen LogP contribution in [0.2, 0.25) is 0 Å². The molecule has 0 fully saturated rings. The summed E-state index contributed by atoms with van der Waals surface area (Å²) < 4.78 is 5.28. The highest BCUT2D eigenvalue weighted by atomic mass is 16.5. The molecule has 1 nitrogen and oxygen atoms in total. The summed E-state index contributed by atoms with van der Waals surface area (Å²) in [7, 11) is 1.74. The largest absolute Gasteiger partial charge is 0.497 e. The lowest BCUT2D eigenvalue weighted by Crippen LogP contribution is -2.14. The number of aryl methyl sites for hydroxylation is 1. The van der Waals surface area contributed by atoms with Crippen LogP contribution < -0.4 is 4.74 Å². The molecule has 0 heterocycles. The van der Waals surface area contributed by atoms with Crippen molar-refractivity contribution < 1.29 is 4.74 Å². The minimum absolute atomic E-state index is 0.748. The van der Waals surface area contributed by atoms with Crippen LogP contribution in [0.1, 0.15) is 43.7 Å². The fourth-order valence-electron chi connectivity index (χ4n) is 2.65. The number of methoxy groups -OCH3 is 1. The van der Waals surface area contributed by atoms with E-state index in [1.807, 2.05) is 0 Å². The maximum absolute atomic E-state index is 5.28. The smallest absolute Gasteiger partial charge is 0.119 e. The summed E-state index contributed by atoms with van der Waals surface area (Å²) in [4.78, 5) is 0. The van der Waals surface area contributed by atoms with Gasteiger partial charge >= 0.3 is 0 Å². The van der Waals surface area contributed by atoms with Crippen LogP contribution in [-0.4, -0.2) is 7.11 Å². The molecule has 0 amide bonds. The number of rotatable bonds is 2. The second-order valence-corrected chi connectivity index (χ2v) is 4.81. The molecule has 0 saturated heterocycles. The van der Waals surface area contributed by atoms with Gasteiger partial charge in [0.05, 0.1) is 7.11 Å². The Kier molecular flexibility index (Phi) is 2.99. The van der Waals surface area contributed by atoms with Gasteiger partial charge in [-0.25, -0.2) is 0 Å². The Bertz CT molecular complexity index is 341. The highest BCUT2D eigenvalue weighted by molar-refractivity contribution is 5.39. The zero-order valence-corrected chi connectivity index (χ0v) is 9.92. The molecule has 0 radical (unpaired) electrons. The van der Waals surface area contributed by atoms with Crippen LogP contribution >= 0.6 is 0 Å². The molecular formula is C14H20O. The molecular weight excluding hydrogens is 184 g/mol. The summed E-state index contributed by atoms with van der Waals surface area (Å²) in [5.74, 6) is 2.50. The van der Waals surface area contributed by atoms with Crippen molar-refractivity contribution in [2.45, 2.75) is 39.0 Å². The van der Waals surface area contributed by atoms with Gasteiger partial charge in [0, 0.05) is 0 Å². The first-order valence-electron chi connectivity index (χ1n) is 5.89. The van der Waals surface area contributed by atoms with Gasteiger partial charge in [-0.3, -0.25) is 0 Å². The lowest BCUT2D eigenvalue weighted by atomic mass is 9.77.